The normalized spacial score (nSPS) is 12.3. The van der Waals surface area contributed by atoms with Gasteiger partial charge in [-0.05, 0) is 44.9 Å². The van der Waals surface area contributed by atoms with Gasteiger partial charge in [-0.1, -0.05) is 96.1 Å². The molecular weight excluding hydrogens is 412 g/mol. The Morgan fingerprint density at radius 3 is 1.52 bits per heavy atom. The predicted octanol–water partition coefficient (Wildman–Crippen LogP) is 6.91. The van der Waals surface area contributed by atoms with E-state index in [9.17, 15) is 14.4 Å². The number of carbonyl (C=O) groups is 3. The third kappa shape index (κ3) is 21.9. The van der Waals surface area contributed by atoms with Crippen LogP contribution in [0.4, 0.5) is 0 Å². The topological polar surface area (TPSA) is 103 Å². The summed E-state index contributed by atoms with van der Waals surface area (Å²) in [6.07, 6.45) is 27.5. The molecule has 0 spiro atoms. The van der Waals surface area contributed by atoms with E-state index in [4.69, 9.17) is 11.5 Å². The first-order chi connectivity index (χ1) is 16.0. The molecule has 0 saturated carbocycles. The minimum atomic E-state index is -0.769. The number of primary amides is 2. The maximum absolute atomic E-state index is 12.2. The molecule has 33 heavy (non-hydrogen) atoms. The van der Waals surface area contributed by atoms with Gasteiger partial charge in [0.05, 0.1) is 5.92 Å². The van der Waals surface area contributed by atoms with Crippen LogP contribution in [0.2, 0.25) is 0 Å². The number of amides is 2. The third-order valence-electron chi connectivity index (χ3n) is 6.33. The van der Waals surface area contributed by atoms with Crippen molar-refractivity contribution >= 4 is 17.6 Å². The average molecular weight is 465 g/mol. The Bertz CT molecular complexity index is 531. The highest BCUT2D eigenvalue weighted by molar-refractivity contribution is 6.00. The van der Waals surface area contributed by atoms with E-state index < -0.39 is 17.7 Å². The second-order valence-electron chi connectivity index (χ2n) is 9.53. The van der Waals surface area contributed by atoms with Crippen molar-refractivity contribution in [1.29, 1.82) is 0 Å². The van der Waals surface area contributed by atoms with Crippen molar-refractivity contribution in [3.05, 3.63) is 12.2 Å². The molecule has 1 unspecified atom stereocenters. The summed E-state index contributed by atoms with van der Waals surface area (Å²) >= 11 is 0. The highest BCUT2D eigenvalue weighted by atomic mass is 16.2. The fraction of sp³-hybridized carbons (Fsp3) is 0.821. The summed E-state index contributed by atoms with van der Waals surface area (Å²) in [7, 11) is 0. The number of hydrogen-bond acceptors (Lipinski definition) is 3. The SMILES string of the molecule is CCCCCCCC/C=C\CCCCCCCCCCCC(=O)C(CCCC(N)=O)C(N)=O. The largest absolute Gasteiger partial charge is 0.370 e. The van der Waals surface area contributed by atoms with Crippen LogP contribution in [0.25, 0.3) is 0 Å². The van der Waals surface area contributed by atoms with Gasteiger partial charge >= 0.3 is 0 Å². The number of ketones is 1. The van der Waals surface area contributed by atoms with E-state index in [1.54, 1.807) is 0 Å². The predicted molar refractivity (Wildman–Crippen MR) is 139 cm³/mol. The number of rotatable bonds is 25. The standard InChI is InChI=1S/C28H52N2O3/c1-2-3-4-5-6-7-8-9-10-11-12-13-14-15-16-17-18-19-20-23-26(31)25(28(30)33)22-21-24-27(29)32/h9-10,25H,2-8,11-24H2,1H3,(H2,29,32)(H2,30,33)/b10-9-. The Labute approximate surface area is 203 Å². The van der Waals surface area contributed by atoms with E-state index in [0.717, 1.165) is 19.3 Å². The van der Waals surface area contributed by atoms with Gasteiger partial charge in [-0.15, -0.1) is 0 Å². The summed E-state index contributed by atoms with van der Waals surface area (Å²) in [6.45, 7) is 2.26. The Morgan fingerprint density at radius 2 is 1.06 bits per heavy atom. The van der Waals surface area contributed by atoms with E-state index >= 15 is 0 Å². The second kappa shape index (κ2) is 23.5. The van der Waals surface area contributed by atoms with Crippen molar-refractivity contribution in [2.75, 3.05) is 0 Å². The molecule has 0 aliphatic heterocycles. The lowest BCUT2D eigenvalue weighted by Gasteiger charge is -2.11. The number of carbonyl (C=O) groups excluding carboxylic acids is 3. The van der Waals surface area contributed by atoms with Crippen LogP contribution in [0, 0.1) is 5.92 Å². The summed E-state index contributed by atoms with van der Waals surface area (Å²) < 4.78 is 0. The number of allylic oxidation sites excluding steroid dienone is 2. The van der Waals surface area contributed by atoms with Crippen LogP contribution < -0.4 is 11.5 Å². The fourth-order valence-corrected chi connectivity index (χ4v) is 4.19. The van der Waals surface area contributed by atoms with Gasteiger partial charge in [-0.2, -0.15) is 0 Å². The van der Waals surface area contributed by atoms with Crippen LogP contribution >= 0.6 is 0 Å². The highest BCUT2D eigenvalue weighted by Crippen LogP contribution is 2.16. The van der Waals surface area contributed by atoms with Gasteiger partial charge in [0.25, 0.3) is 0 Å². The second-order valence-corrected chi connectivity index (χ2v) is 9.53. The molecule has 0 aliphatic carbocycles. The van der Waals surface area contributed by atoms with E-state index in [1.165, 1.54) is 89.9 Å². The van der Waals surface area contributed by atoms with Crippen LogP contribution in [0.3, 0.4) is 0 Å². The van der Waals surface area contributed by atoms with E-state index in [1.807, 2.05) is 0 Å². The first-order valence-corrected chi connectivity index (χ1v) is 13.7. The van der Waals surface area contributed by atoms with Gasteiger partial charge in [0, 0.05) is 12.8 Å². The zero-order valence-corrected chi connectivity index (χ0v) is 21.5. The molecule has 0 aromatic rings. The van der Waals surface area contributed by atoms with Gasteiger partial charge in [0.2, 0.25) is 11.8 Å². The number of Topliss-reactive ketones (excluding diaryl/α,β-unsaturated/α-hetero) is 1. The van der Waals surface area contributed by atoms with Crippen molar-refractivity contribution in [3.63, 3.8) is 0 Å². The molecule has 0 radical (unpaired) electrons. The lowest BCUT2D eigenvalue weighted by atomic mass is 9.93. The summed E-state index contributed by atoms with van der Waals surface area (Å²) in [5.41, 5.74) is 10.5. The smallest absolute Gasteiger partial charge is 0.227 e. The monoisotopic (exact) mass is 464 g/mol. The van der Waals surface area contributed by atoms with Crippen LogP contribution in [0.5, 0.6) is 0 Å². The van der Waals surface area contributed by atoms with Crippen molar-refractivity contribution < 1.29 is 14.4 Å². The number of unbranched alkanes of at least 4 members (excludes halogenated alkanes) is 15. The van der Waals surface area contributed by atoms with E-state index in [0.29, 0.717) is 19.3 Å². The molecule has 4 N–H and O–H groups in total. The zero-order valence-electron chi connectivity index (χ0n) is 21.5. The molecular formula is C28H52N2O3. The van der Waals surface area contributed by atoms with Crippen LogP contribution in [0.15, 0.2) is 12.2 Å². The van der Waals surface area contributed by atoms with E-state index in [-0.39, 0.29) is 12.2 Å². The molecule has 0 saturated heterocycles. The number of nitrogens with two attached hydrogens (primary N) is 2. The molecule has 5 heteroatoms. The summed E-state index contributed by atoms with van der Waals surface area (Å²) in [5.74, 6) is -1.86. The van der Waals surface area contributed by atoms with E-state index in [2.05, 4.69) is 19.1 Å². The summed E-state index contributed by atoms with van der Waals surface area (Å²) in [6, 6.07) is 0. The molecule has 0 rings (SSSR count). The molecule has 0 aromatic carbocycles. The number of hydrogen-bond donors (Lipinski definition) is 2. The molecule has 192 valence electrons. The fourth-order valence-electron chi connectivity index (χ4n) is 4.19. The van der Waals surface area contributed by atoms with Gasteiger partial charge in [0.15, 0.2) is 0 Å². The lowest BCUT2D eigenvalue weighted by Crippen LogP contribution is -2.30. The first-order valence-electron chi connectivity index (χ1n) is 13.7. The molecule has 2 amide bonds. The van der Waals surface area contributed by atoms with Crippen LogP contribution in [-0.4, -0.2) is 17.6 Å². The minimum absolute atomic E-state index is 0.0898. The molecule has 0 bridgehead atoms. The first kappa shape index (κ1) is 31.4. The quantitative estimate of drug-likeness (QED) is 0.0871. The average Bonchev–Trinajstić information content (AvgIpc) is 2.77. The minimum Gasteiger partial charge on any atom is -0.370 e. The Morgan fingerprint density at radius 1 is 0.606 bits per heavy atom. The molecule has 1 atom stereocenters. The third-order valence-corrected chi connectivity index (χ3v) is 6.33. The van der Waals surface area contributed by atoms with Gasteiger partial charge in [-0.25, -0.2) is 0 Å². The van der Waals surface area contributed by atoms with Gasteiger partial charge < -0.3 is 11.5 Å². The maximum Gasteiger partial charge on any atom is 0.227 e. The van der Waals surface area contributed by atoms with Gasteiger partial charge in [-0.3, -0.25) is 14.4 Å². The molecule has 5 nitrogen and oxygen atoms in total. The van der Waals surface area contributed by atoms with Crippen molar-refractivity contribution in [3.8, 4) is 0 Å². The lowest BCUT2D eigenvalue weighted by molar-refractivity contribution is -0.133. The van der Waals surface area contributed by atoms with Crippen molar-refractivity contribution in [1.82, 2.24) is 0 Å². The molecule has 0 fully saturated rings. The Kier molecular flexibility index (Phi) is 22.3. The maximum atomic E-state index is 12.2. The molecule has 0 heterocycles. The van der Waals surface area contributed by atoms with Crippen molar-refractivity contribution in [2.45, 2.75) is 142 Å². The van der Waals surface area contributed by atoms with Crippen LogP contribution in [-0.2, 0) is 14.4 Å². The summed E-state index contributed by atoms with van der Waals surface area (Å²) in [5, 5.41) is 0. The van der Waals surface area contributed by atoms with Gasteiger partial charge in [0.1, 0.15) is 5.78 Å². The summed E-state index contributed by atoms with van der Waals surface area (Å²) in [4.78, 5) is 34.5. The zero-order chi connectivity index (χ0) is 24.6. The van der Waals surface area contributed by atoms with Crippen LogP contribution in [0.1, 0.15) is 142 Å². The Balaban J connectivity index is 3.47. The molecule has 0 aliphatic rings. The van der Waals surface area contributed by atoms with Crippen molar-refractivity contribution in [2.24, 2.45) is 17.4 Å². The molecule has 0 aromatic heterocycles. The highest BCUT2D eigenvalue weighted by Gasteiger charge is 2.23. The Hall–Kier alpha value is -1.65.